The van der Waals surface area contributed by atoms with Gasteiger partial charge in [-0.05, 0) is 40.5 Å². The minimum atomic E-state index is -3.99. The second kappa shape index (κ2) is 7.87. The van der Waals surface area contributed by atoms with Crippen LogP contribution in [0.1, 0.15) is 11.1 Å². The second-order valence-electron chi connectivity index (χ2n) is 6.25. The summed E-state index contributed by atoms with van der Waals surface area (Å²) in [7, 11) is -3.99. The average molecular weight is 384 g/mol. The Balaban J connectivity index is 1.86. The van der Waals surface area contributed by atoms with Gasteiger partial charge in [-0.15, -0.1) is 0 Å². The van der Waals surface area contributed by atoms with Gasteiger partial charge in [-0.1, -0.05) is 54.6 Å². The van der Waals surface area contributed by atoms with Crippen molar-refractivity contribution in [1.82, 2.24) is 4.72 Å². The molecule has 0 saturated heterocycles. The van der Waals surface area contributed by atoms with Crippen LogP contribution in [-0.4, -0.2) is 25.5 Å². The summed E-state index contributed by atoms with van der Waals surface area (Å²) in [5.41, 5.74) is 7.16. The van der Waals surface area contributed by atoms with Crippen LogP contribution in [-0.2, 0) is 27.8 Å². The maximum atomic E-state index is 12.7. The highest BCUT2D eigenvalue weighted by Crippen LogP contribution is 2.19. The van der Waals surface area contributed by atoms with Crippen LogP contribution in [0.5, 0.6) is 0 Å². The van der Waals surface area contributed by atoms with E-state index in [1.807, 2.05) is 24.3 Å². The average Bonchev–Trinajstić information content (AvgIpc) is 2.67. The number of nitrogens with one attached hydrogen (secondary N) is 1. The Kier molecular flexibility index (Phi) is 5.55. The van der Waals surface area contributed by atoms with Gasteiger partial charge in [0.15, 0.2) is 0 Å². The number of carboxylic acid groups (broad SMARTS) is 1. The summed E-state index contributed by atoms with van der Waals surface area (Å²) in [5.74, 6) is -1.24. The third kappa shape index (κ3) is 4.51. The van der Waals surface area contributed by atoms with Crippen LogP contribution in [0.2, 0.25) is 0 Å². The summed E-state index contributed by atoms with van der Waals surface area (Å²) < 4.78 is 27.7. The van der Waals surface area contributed by atoms with Crippen molar-refractivity contribution in [3.8, 4) is 0 Å². The van der Waals surface area contributed by atoms with Crippen LogP contribution in [0.15, 0.2) is 71.6 Å². The van der Waals surface area contributed by atoms with Gasteiger partial charge in [0, 0.05) is 6.54 Å². The lowest BCUT2D eigenvalue weighted by Gasteiger charge is -2.16. The van der Waals surface area contributed by atoms with E-state index in [0.29, 0.717) is 12.1 Å². The standard InChI is InChI=1S/C20H20N2O4S/c21-13-15-5-3-4-14(10-15)11-19(20(23)24)22-27(25,26)18-9-8-16-6-1-2-7-17(16)12-18/h1-10,12,19,22H,11,13,21H2,(H,23,24). The van der Waals surface area contributed by atoms with Gasteiger partial charge in [0.2, 0.25) is 10.0 Å². The van der Waals surface area contributed by atoms with Gasteiger partial charge in [-0.3, -0.25) is 4.79 Å². The summed E-state index contributed by atoms with van der Waals surface area (Å²) >= 11 is 0. The smallest absolute Gasteiger partial charge is 0.322 e. The molecular weight excluding hydrogens is 364 g/mol. The number of hydrogen-bond donors (Lipinski definition) is 3. The molecule has 6 nitrogen and oxygen atoms in total. The van der Waals surface area contributed by atoms with Gasteiger partial charge in [0.1, 0.15) is 6.04 Å². The molecule has 7 heteroatoms. The Hall–Kier alpha value is -2.74. The Morgan fingerprint density at radius 1 is 0.963 bits per heavy atom. The van der Waals surface area contributed by atoms with Crippen LogP contribution >= 0.6 is 0 Å². The SMILES string of the molecule is NCc1cccc(CC(NS(=O)(=O)c2ccc3ccccc3c2)C(=O)O)c1. The molecule has 0 fully saturated rings. The summed E-state index contributed by atoms with van der Waals surface area (Å²) in [6.45, 7) is 0.328. The van der Waals surface area contributed by atoms with Crippen molar-refractivity contribution in [3.05, 3.63) is 77.9 Å². The molecule has 0 aliphatic heterocycles. The fourth-order valence-electron chi connectivity index (χ4n) is 2.89. The third-order valence-electron chi connectivity index (χ3n) is 4.29. The molecule has 0 aromatic heterocycles. The number of carbonyl (C=O) groups is 1. The Morgan fingerprint density at radius 2 is 1.67 bits per heavy atom. The topological polar surface area (TPSA) is 109 Å². The summed E-state index contributed by atoms with van der Waals surface area (Å²) in [5, 5.41) is 11.2. The number of nitrogens with two attached hydrogens (primary N) is 1. The lowest BCUT2D eigenvalue weighted by molar-refractivity contribution is -0.138. The van der Waals surface area contributed by atoms with Gasteiger partial charge < -0.3 is 10.8 Å². The van der Waals surface area contributed by atoms with Crippen molar-refractivity contribution in [1.29, 1.82) is 0 Å². The van der Waals surface area contributed by atoms with E-state index in [1.54, 1.807) is 30.3 Å². The molecule has 1 unspecified atom stereocenters. The molecule has 0 amide bonds. The Labute approximate surface area is 157 Å². The molecule has 0 heterocycles. The van der Waals surface area contributed by atoms with Crippen LogP contribution in [0.4, 0.5) is 0 Å². The highest BCUT2D eigenvalue weighted by atomic mass is 32.2. The molecule has 3 aromatic carbocycles. The number of sulfonamides is 1. The van der Waals surface area contributed by atoms with Crippen molar-refractivity contribution in [2.24, 2.45) is 5.73 Å². The number of rotatable bonds is 7. The van der Waals surface area contributed by atoms with Crippen molar-refractivity contribution >= 4 is 26.8 Å². The zero-order chi connectivity index (χ0) is 19.4. The Bertz CT molecular complexity index is 1080. The monoisotopic (exact) mass is 384 g/mol. The molecule has 1 atom stereocenters. The minimum Gasteiger partial charge on any atom is -0.480 e. The zero-order valence-corrected chi connectivity index (χ0v) is 15.3. The minimum absolute atomic E-state index is 0.0238. The molecule has 3 rings (SSSR count). The molecule has 27 heavy (non-hydrogen) atoms. The van der Waals surface area contributed by atoms with Gasteiger partial charge in [0.05, 0.1) is 4.90 Å². The summed E-state index contributed by atoms with van der Waals surface area (Å²) in [6, 6.07) is 17.9. The van der Waals surface area contributed by atoms with E-state index in [-0.39, 0.29) is 11.3 Å². The molecular formula is C20H20N2O4S. The largest absolute Gasteiger partial charge is 0.480 e. The highest BCUT2D eigenvalue weighted by Gasteiger charge is 2.26. The summed E-state index contributed by atoms with van der Waals surface area (Å²) in [4.78, 5) is 11.7. The van der Waals surface area contributed by atoms with Crippen molar-refractivity contribution in [3.63, 3.8) is 0 Å². The normalized spacial score (nSPS) is 12.8. The maximum absolute atomic E-state index is 12.7. The van der Waals surface area contributed by atoms with E-state index in [9.17, 15) is 18.3 Å². The molecule has 0 spiro atoms. The number of aliphatic carboxylic acids is 1. The van der Waals surface area contributed by atoms with Crippen LogP contribution in [0, 0.1) is 0 Å². The zero-order valence-electron chi connectivity index (χ0n) is 14.5. The van der Waals surface area contributed by atoms with Crippen LogP contribution < -0.4 is 10.5 Å². The second-order valence-corrected chi connectivity index (χ2v) is 7.96. The van der Waals surface area contributed by atoms with Gasteiger partial charge >= 0.3 is 5.97 Å². The Morgan fingerprint density at radius 3 is 2.37 bits per heavy atom. The predicted molar refractivity (Wildman–Crippen MR) is 104 cm³/mol. The van der Waals surface area contributed by atoms with E-state index < -0.39 is 22.0 Å². The lowest BCUT2D eigenvalue weighted by atomic mass is 10.0. The predicted octanol–water partition coefficient (Wildman–Crippen LogP) is 2.27. The van der Waals surface area contributed by atoms with Crippen LogP contribution in [0.25, 0.3) is 10.8 Å². The van der Waals surface area contributed by atoms with Crippen molar-refractivity contribution in [2.75, 3.05) is 0 Å². The fourth-order valence-corrected chi connectivity index (χ4v) is 4.11. The molecule has 0 radical (unpaired) electrons. The number of carboxylic acids is 1. The number of hydrogen-bond acceptors (Lipinski definition) is 4. The molecule has 140 valence electrons. The molecule has 0 saturated carbocycles. The van der Waals surface area contributed by atoms with Gasteiger partial charge in [-0.25, -0.2) is 8.42 Å². The summed E-state index contributed by atoms with van der Waals surface area (Å²) in [6.07, 6.45) is 0.0238. The first-order valence-corrected chi connectivity index (χ1v) is 9.89. The van der Waals surface area contributed by atoms with Crippen LogP contribution in [0.3, 0.4) is 0 Å². The first-order valence-electron chi connectivity index (χ1n) is 8.41. The first kappa shape index (κ1) is 19.0. The number of fused-ring (bicyclic) bond motifs is 1. The first-order chi connectivity index (χ1) is 12.9. The quantitative estimate of drug-likeness (QED) is 0.579. The van der Waals surface area contributed by atoms with Crippen molar-refractivity contribution in [2.45, 2.75) is 23.9 Å². The van der Waals surface area contributed by atoms with E-state index in [4.69, 9.17) is 5.73 Å². The number of benzene rings is 3. The van der Waals surface area contributed by atoms with E-state index in [0.717, 1.165) is 16.3 Å². The molecule has 0 aliphatic rings. The molecule has 4 N–H and O–H groups in total. The highest BCUT2D eigenvalue weighted by molar-refractivity contribution is 7.89. The van der Waals surface area contributed by atoms with Gasteiger partial charge in [0.25, 0.3) is 0 Å². The van der Waals surface area contributed by atoms with Crippen molar-refractivity contribution < 1.29 is 18.3 Å². The third-order valence-corrected chi connectivity index (χ3v) is 5.76. The fraction of sp³-hybridized carbons (Fsp3) is 0.150. The van der Waals surface area contributed by atoms with E-state index in [2.05, 4.69) is 4.72 Å². The lowest BCUT2D eigenvalue weighted by Crippen LogP contribution is -2.42. The van der Waals surface area contributed by atoms with E-state index >= 15 is 0 Å². The maximum Gasteiger partial charge on any atom is 0.322 e. The molecule has 0 aliphatic carbocycles. The van der Waals surface area contributed by atoms with Gasteiger partial charge in [-0.2, -0.15) is 4.72 Å². The molecule has 0 bridgehead atoms. The molecule has 3 aromatic rings. The van der Waals surface area contributed by atoms with E-state index in [1.165, 1.54) is 12.1 Å².